The predicted molar refractivity (Wildman–Crippen MR) is 40.3 cm³/mol. The fraction of sp³-hybridized carbons (Fsp3) is 0.750. The Kier molecular flexibility index (Phi) is 2.68. The zero-order valence-corrected chi connectivity index (χ0v) is 7.20. The minimum absolute atomic E-state index is 0.234. The molecule has 0 N–H and O–H groups in total. The number of methoxy groups -OCH3 is 1. The fourth-order valence-corrected chi connectivity index (χ4v) is 1.32. The molecule has 1 rings (SSSR count). The number of esters is 2. The Balaban J connectivity index is 2.56. The third kappa shape index (κ3) is 1.75. The van der Waals surface area contributed by atoms with Gasteiger partial charge in [0.2, 0.25) is 0 Å². The minimum atomic E-state index is -0.348. The number of carbonyl (C=O) groups is 2. The van der Waals surface area contributed by atoms with Gasteiger partial charge < -0.3 is 9.47 Å². The summed E-state index contributed by atoms with van der Waals surface area (Å²) in [6.07, 6.45) is 0.496. The molecule has 1 fully saturated rings. The average molecular weight is 172 g/mol. The third-order valence-corrected chi connectivity index (χ3v) is 2.05. The van der Waals surface area contributed by atoms with Crippen molar-refractivity contribution in [3.8, 4) is 0 Å². The first-order chi connectivity index (χ1) is 5.65. The van der Waals surface area contributed by atoms with Crippen molar-refractivity contribution in [1.29, 1.82) is 0 Å². The van der Waals surface area contributed by atoms with Crippen LogP contribution in [0.1, 0.15) is 19.8 Å². The molecule has 2 atom stereocenters. The highest BCUT2D eigenvalue weighted by atomic mass is 16.6. The lowest BCUT2D eigenvalue weighted by molar-refractivity contribution is -0.166. The maximum atomic E-state index is 11.1. The summed E-state index contributed by atoms with van der Waals surface area (Å²) in [5.74, 6) is -0.814. The van der Waals surface area contributed by atoms with Crippen molar-refractivity contribution < 1.29 is 19.1 Å². The monoisotopic (exact) mass is 172 g/mol. The molecule has 4 nitrogen and oxygen atoms in total. The van der Waals surface area contributed by atoms with Crippen LogP contribution in [0.4, 0.5) is 0 Å². The second kappa shape index (κ2) is 3.56. The first kappa shape index (κ1) is 9.03. The fourth-order valence-electron chi connectivity index (χ4n) is 1.32. The molecule has 4 heteroatoms. The van der Waals surface area contributed by atoms with Crippen LogP contribution in [0.5, 0.6) is 0 Å². The average Bonchev–Trinajstić information content (AvgIpc) is 2.03. The number of ether oxygens (including phenoxy) is 2. The van der Waals surface area contributed by atoms with E-state index in [0.717, 1.165) is 0 Å². The van der Waals surface area contributed by atoms with Gasteiger partial charge in [0, 0.05) is 6.42 Å². The molecule has 12 heavy (non-hydrogen) atoms. The second-order valence-corrected chi connectivity index (χ2v) is 2.86. The van der Waals surface area contributed by atoms with E-state index < -0.39 is 0 Å². The largest absolute Gasteiger partial charge is 0.469 e. The molecule has 0 unspecified atom stereocenters. The maximum Gasteiger partial charge on any atom is 0.312 e. The number of cyclic esters (lactones) is 1. The van der Waals surface area contributed by atoms with Crippen molar-refractivity contribution in [2.45, 2.75) is 25.9 Å². The van der Waals surface area contributed by atoms with Crippen molar-refractivity contribution in [3.05, 3.63) is 0 Å². The highest BCUT2D eigenvalue weighted by Gasteiger charge is 2.33. The van der Waals surface area contributed by atoms with Gasteiger partial charge in [-0.2, -0.15) is 0 Å². The lowest BCUT2D eigenvalue weighted by Crippen LogP contribution is -2.35. The Morgan fingerprint density at radius 2 is 2.33 bits per heavy atom. The van der Waals surface area contributed by atoms with Gasteiger partial charge in [-0.15, -0.1) is 0 Å². The summed E-state index contributed by atoms with van der Waals surface area (Å²) < 4.78 is 9.45. The molecule has 1 heterocycles. The molecule has 0 saturated carbocycles. The van der Waals surface area contributed by atoms with E-state index in [4.69, 9.17) is 4.74 Å². The summed E-state index contributed by atoms with van der Waals surface area (Å²) in [6.45, 7) is 1.71. The summed E-state index contributed by atoms with van der Waals surface area (Å²) >= 11 is 0. The zero-order chi connectivity index (χ0) is 9.14. The Hall–Kier alpha value is -1.06. The van der Waals surface area contributed by atoms with Gasteiger partial charge in [-0.25, -0.2) is 0 Å². The van der Waals surface area contributed by atoms with Gasteiger partial charge in [-0.1, -0.05) is 0 Å². The maximum absolute atomic E-state index is 11.1. The van der Waals surface area contributed by atoms with Gasteiger partial charge in [0.25, 0.3) is 0 Å². The molecule has 1 aliphatic heterocycles. The molecule has 68 valence electrons. The van der Waals surface area contributed by atoms with E-state index in [-0.39, 0.29) is 24.0 Å². The van der Waals surface area contributed by atoms with Gasteiger partial charge in [0.05, 0.1) is 13.0 Å². The third-order valence-electron chi connectivity index (χ3n) is 2.05. The summed E-state index contributed by atoms with van der Waals surface area (Å²) in [5.41, 5.74) is 0. The quantitative estimate of drug-likeness (QED) is 0.540. The van der Waals surface area contributed by atoms with Crippen LogP contribution in [-0.4, -0.2) is 25.2 Å². The van der Waals surface area contributed by atoms with Crippen LogP contribution in [0, 0.1) is 5.92 Å². The van der Waals surface area contributed by atoms with Gasteiger partial charge in [-0.05, 0) is 13.3 Å². The summed E-state index contributed by atoms with van der Waals surface area (Å²) in [7, 11) is 1.34. The lowest BCUT2D eigenvalue weighted by atomic mass is 9.95. The van der Waals surface area contributed by atoms with E-state index in [2.05, 4.69) is 4.74 Å². The minimum Gasteiger partial charge on any atom is -0.469 e. The number of hydrogen-bond acceptors (Lipinski definition) is 4. The molecule has 0 amide bonds. The van der Waals surface area contributed by atoms with E-state index in [1.54, 1.807) is 6.92 Å². The molecule has 0 radical (unpaired) electrons. The zero-order valence-electron chi connectivity index (χ0n) is 7.20. The summed E-state index contributed by atoms with van der Waals surface area (Å²) in [5, 5.41) is 0. The van der Waals surface area contributed by atoms with E-state index >= 15 is 0 Å². The molecule has 0 aromatic heterocycles. The number of rotatable bonds is 1. The Labute approximate surface area is 70.8 Å². The van der Waals surface area contributed by atoms with E-state index in [9.17, 15) is 9.59 Å². The summed E-state index contributed by atoms with van der Waals surface area (Å²) in [4.78, 5) is 21.8. The SMILES string of the molecule is COC(=O)[C@@H]1CCC(=O)O[C@H]1C. The van der Waals surface area contributed by atoms with Crippen LogP contribution in [0.3, 0.4) is 0 Å². The first-order valence-electron chi connectivity index (χ1n) is 3.92. The standard InChI is InChI=1S/C8H12O4/c1-5-6(8(10)11-2)3-4-7(9)12-5/h5-6H,3-4H2,1-2H3/t5-,6+/m0/s1. The Bertz CT molecular complexity index is 199. The molecule has 0 aromatic rings. The number of hydrogen-bond donors (Lipinski definition) is 0. The van der Waals surface area contributed by atoms with Gasteiger partial charge >= 0.3 is 11.9 Å². The molecule has 0 aromatic carbocycles. The van der Waals surface area contributed by atoms with E-state index in [0.29, 0.717) is 12.8 Å². The Morgan fingerprint density at radius 3 is 2.83 bits per heavy atom. The molecule has 1 saturated heterocycles. The van der Waals surface area contributed by atoms with Crippen molar-refractivity contribution in [2.75, 3.05) is 7.11 Å². The van der Waals surface area contributed by atoms with Gasteiger partial charge in [0.1, 0.15) is 6.10 Å². The van der Waals surface area contributed by atoms with Crippen LogP contribution in [0.25, 0.3) is 0 Å². The highest BCUT2D eigenvalue weighted by Crippen LogP contribution is 2.22. The molecular weight excluding hydrogens is 160 g/mol. The van der Waals surface area contributed by atoms with Crippen molar-refractivity contribution in [1.82, 2.24) is 0 Å². The topological polar surface area (TPSA) is 52.6 Å². The summed E-state index contributed by atoms with van der Waals surface area (Å²) in [6, 6.07) is 0. The number of carbonyl (C=O) groups excluding carboxylic acids is 2. The van der Waals surface area contributed by atoms with Crippen molar-refractivity contribution >= 4 is 11.9 Å². The Morgan fingerprint density at radius 1 is 1.67 bits per heavy atom. The van der Waals surface area contributed by atoms with Gasteiger partial charge in [0.15, 0.2) is 0 Å². The predicted octanol–water partition coefficient (Wildman–Crippen LogP) is 0.501. The normalized spacial score (nSPS) is 29.3. The molecule has 1 aliphatic rings. The second-order valence-electron chi connectivity index (χ2n) is 2.86. The van der Waals surface area contributed by atoms with Crippen molar-refractivity contribution in [3.63, 3.8) is 0 Å². The van der Waals surface area contributed by atoms with Crippen LogP contribution in [0.2, 0.25) is 0 Å². The van der Waals surface area contributed by atoms with E-state index in [1.165, 1.54) is 7.11 Å². The molecule has 0 bridgehead atoms. The van der Waals surface area contributed by atoms with Crippen LogP contribution < -0.4 is 0 Å². The molecular formula is C8H12O4. The van der Waals surface area contributed by atoms with Crippen molar-refractivity contribution in [2.24, 2.45) is 5.92 Å². The molecule has 0 aliphatic carbocycles. The van der Waals surface area contributed by atoms with Crippen LogP contribution >= 0.6 is 0 Å². The first-order valence-corrected chi connectivity index (χ1v) is 3.92. The van der Waals surface area contributed by atoms with E-state index in [1.807, 2.05) is 0 Å². The highest BCUT2D eigenvalue weighted by molar-refractivity contribution is 5.77. The van der Waals surface area contributed by atoms with Crippen LogP contribution in [-0.2, 0) is 19.1 Å². The lowest BCUT2D eigenvalue weighted by Gasteiger charge is -2.25. The van der Waals surface area contributed by atoms with Gasteiger partial charge in [-0.3, -0.25) is 9.59 Å². The van der Waals surface area contributed by atoms with Crippen LogP contribution in [0.15, 0.2) is 0 Å². The smallest absolute Gasteiger partial charge is 0.312 e. The molecule has 0 spiro atoms.